The lowest BCUT2D eigenvalue weighted by Gasteiger charge is -2.21. The quantitative estimate of drug-likeness (QED) is 0.0222. The van der Waals surface area contributed by atoms with Crippen LogP contribution in [0.15, 0.2) is 0 Å². The molecule has 0 rings (SSSR count). The van der Waals surface area contributed by atoms with E-state index in [4.69, 9.17) is 37.0 Å². The van der Waals surface area contributed by atoms with Crippen LogP contribution in [0.1, 0.15) is 420 Å². The molecule has 99 heavy (non-hydrogen) atoms. The topological polar surface area (TPSA) is 237 Å². The molecule has 6 atom stereocenters. The number of phosphoric acid groups is 2. The number of ether oxygens (including phenoxy) is 4. The number of rotatable bonds is 79. The van der Waals surface area contributed by atoms with Crippen LogP contribution in [0.25, 0.3) is 0 Å². The van der Waals surface area contributed by atoms with Crippen molar-refractivity contribution in [2.45, 2.75) is 439 Å². The smallest absolute Gasteiger partial charge is 0.462 e. The molecule has 0 aromatic rings. The first-order chi connectivity index (χ1) is 47.9. The van der Waals surface area contributed by atoms with E-state index in [1.807, 2.05) is 0 Å². The van der Waals surface area contributed by atoms with Crippen molar-refractivity contribution in [3.05, 3.63) is 0 Å². The second kappa shape index (κ2) is 71.7. The zero-order valence-corrected chi connectivity index (χ0v) is 66.6. The lowest BCUT2D eigenvalue weighted by atomic mass is 9.99. The van der Waals surface area contributed by atoms with Crippen LogP contribution in [0.4, 0.5) is 0 Å². The Morgan fingerprint density at radius 2 is 0.515 bits per heavy atom. The van der Waals surface area contributed by atoms with Gasteiger partial charge in [-0.15, -0.1) is 0 Å². The Morgan fingerprint density at radius 3 is 0.768 bits per heavy atom. The zero-order chi connectivity index (χ0) is 72.8. The van der Waals surface area contributed by atoms with Crippen LogP contribution in [0.2, 0.25) is 0 Å². The Kier molecular flexibility index (Phi) is 70.3. The normalized spacial score (nSPS) is 14.2. The first kappa shape index (κ1) is 97.1. The van der Waals surface area contributed by atoms with Gasteiger partial charge in [0.1, 0.15) is 19.3 Å². The molecule has 0 aliphatic heterocycles. The third-order valence-electron chi connectivity index (χ3n) is 19.1. The highest BCUT2D eigenvalue weighted by Gasteiger charge is 2.30. The number of unbranched alkanes of at least 4 members (excludes halogenated alkanes) is 48. The van der Waals surface area contributed by atoms with Gasteiger partial charge in [0.15, 0.2) is 12.2 Å². The highest BCUT2D eigenvalue weighted by molar-refractivity contribution is 7.47. The average Bonchev–Trinajstić information content (AvgIpc) is 1.06. The predicted octanol–water partition coefficient (Wildman–Crippen LogP) is 23.9. The van der Waals surface area contributed by atoms with E-state index in [2.05, 4.69) is 41.5 Å². The van der Waals surface area contributed by atoms with Gasteiger partial charge in [-0.05, 0) is 37.5 Å². The molecule has 0 fully saturated rings. The highest BCUT2D eigenvalue weighted by atomic mass is 31.2. The summed E-state index contributed by atoms with van der Waals surface area (Å²) in [6.45, 7) is 9.62. The van der Waals surface area contributed by atoms with Gasteiger partial charge in [-0.3, -0.25) is 37.3 Å². The standard InChI is InChI=1S/C80H156O17P2/c1-7-10-12-14-16-18-19-20-21-22-26-29-32-35-38-45-51-57-63-78(83)91-69-76(96-79(84)64-58-52-46-39-36-33-30-27-24-23-25-28-31-34-37-43-49-55-61-73(6)9-3)71-95-99(88,89)93-67-74(81)66-92-98(86,87)94-70-75(68-90-77(82)62-56-50-44-17-15-13-11-8-2)97-80(85)65-59-53-47-41-40-42-48-54-60-72(4)5/h72-76,81H,7-71H2,1-6H3,(H,86,87)(H,88,89)/t73?,74-,75+,76+/m0/s1. The summed E-state index contributed by atoms with van der Waals surface area (Å²) in [5, 5.41) is 10.6. The van der Waals surface area contributed by atoms with Gasteiger partial charge in [0.05, 0.1) is 26.4 Å². The number of phosphoric ester groups is 2. The number of carbonyl (C=O) groups excluding carboxylic acids is 4. The summed E-state index contributed by atoms with van der Waals surface area (Å²) < 4.78 is 68.5. The fourth-order valence-electron chi connectivity index (χ4n) is 12.3. The van der Waals surface area contributed by atoms with Crippen LogP contribution in [0.5, 0.6) is 0 Å². The summed E-state index contributed by atoms with van der Waals surface area (Å²) in [7, 11) is -9.91. The molecule has 0 aromatic heterocycles. The van der Waals surface area contributed by atoms with Crippen LogP contribution in [0.3, 0.4) is 0 Å². The predicted molar refractivity (Wildman–Crippen MR) is 405 cm³/mol. The van der Waals surface area contributed by atoms with Gasteiger partial charge >= 0.3 is 39.5 Å². The van der Waals surface area contributed by atoms with Crippen molar-refractivity contribution in [2.75, 3.05) is 39.6 Å². The molecule has 0 aromatic carbocycles. The monoisotopic (exact) mass is 1450 g/mol. The highest BCUT2D eigenvalue weighted by Crippen LogP contribution is 2.45. The molecule has 0 saturated heterocycles. The van der Waals surface area contributed by atoms with E-state index in [0.717, 1.165) is 108 Å². The molecule has 0 radical (unpaired) electrons. The average molecular weight is 1450 g/mol. The summed E-state index contributed by atoms with van der Waals surface area (Å²) >= 11 is 0. The van der Waals surface area contributed by atoms with E-state index in [9.17, 15) is 43.2 Å². The zero-order valence-electron chi connectivity index (χ0n) is 64.8. The third-order valence-corrected chi connectivity index (χ3v) is 21.0. The summed E-state index contributed by atoms with van der Waals surface area (Å²) in [6, 6.07) is 0. The minimum atomic E-state index is -4.96. The molecule has 17 nitrogen and oxygen atoms in total. The van der Waals surface area contributed by atoms with Crippen molar-refractivity contribution < 1.29 is 80.2 Å². The van der Waals surface area contributed by atoms with E-state index in [1.54, 1.807) is 0 Å². The Hall–Kier alpha value is -1.94. The van der Waals surface area contributed by atoms with E-state index >= 15 is 0 Å². The lowest BCUT2D eigenvalue weighted by molar-refractivity contribution is -0.161. The Morgan fingerprint density at radius 1 is 0.293 bits per heavy atom. The molecule has 0 aliphatic carbocycles. The molecule has 0 saturated carbocycles. The minimum absolute atomic E-state index is 0.105. The Labute approximate surface area is 607 Å². The van der Waals surface area contributed by atoms with Gasteiger partial charge in [-0.25, -0.2) is 9.13 Å². The van der Waals surface area contributed by atoms with Crippen molar-refractivity contribution in [3.63, 3.8) is 0 Å². The van der Waals surface area contributed by atoms with E-state index < -0.39 is 97.5 Å². The third kappa shape index (κ3) is 72.8. The van der Waals surface area contributed by atoms with E-state index in [1.165, 1.54) is 231 Å². The molecule has 3 unspecified atom stereocenters. The number of aliphatic hydroxyl groups is 1. The number of carbonyl (C=O) groups is 4. The number of hydrogen-bond acceptors (Lipinski definition) is 15. The summed E-state index contributed by atoms with van der Waals surface area (Å²) in [4.78, 5) is 72.8. The maximum atomic E-state index is 13.1. The van der Waals surface area contributed by atoms with Gasteiger partial charge in [0.2, 0.25) is 0 Å². The van der Waals surface area contributed by atoms with Crippen molar-refractivity contribution in [3.8, 4) is 0 Å². The Bertz CT molecular complexity index is 1910. The summed E-state index contributed by atoms with van der Waals surface area (Å²) in [5.74, 6) is -0.526. The molecule has 0 spiro atoms. The summed E-state index contributed by atoms with van der Waals surface area (Å²) in [5.41, 5.74) is 0. The molecular formula is C80H156O17P2. The molecular weight excluding hydrogens is 1290 g/mol. The Balaban J connectivity index is 5.17. The van der Waals surface area contributed by atoms with Gasteiger partial charge in [0.25, 0.3) is 0 Å². The van der Waals surface area contributed by atoms with Crippen molar-refractivity contribution in [1.82, 2.24) is 0 Å². The number of esters is 4. The van der Waals surface area contributed by atoms with Crippen LogP contribution >= 0.6 is 15.6 Å². The van der Waals surface area contributed by atoms with Gasteiger partial charge in [0, 0.05) is 25.7 Å². The SMILES string of the molecule is CCCCCCCCCCCCCCCCCCCCC(=O)OC[C@H](COP(=O)(O)OC[C@@H](O)COP(=O)(O)OC[C@@H](COC(=O)CCCCCCCCCC)OC(=O)CCCCCCCCCCC(C)C)OC(=O)CCCCCCCCCCCCCCCCCCCCC(C)CC. The molecule has 0 heterocycles. The van der Waals surface area contributed by atoms with Crippen molar-refractivity contribution >= 4 is 39.5 Å². The minimum Gasteiger partial charge on any atom is -0.462 e. The second-order valence-electron chi connectivity index (χ2n) is 29.5. The van der Waals surface area contributed by atoms with E-state index in [0.29, 0.717) is 25.7 Å². The summed E-state index contributed by atoms with van der Waals surface area (Å²) in [6.07, 6.45) is 61.3. The van der Waals surface area contributed by atoms with Crippen LogP contribution in [-0.2, 0) is 65.4 Å². The first-order valence-corrected chi connectivity index (χ1v) is 44.5. The van der Waals surface area contributed by atoms with Gasteiger partial charge in [-0.2, -0.15) is 0 Å². The number of hydrogen-bond donors (Lipinski definition) is 3. The van der Waals surface area contributed by atoms with Crippen molar-refractivity contribution in [1.29, 1.82) is 0 Å². The maximum Gasteiger partial charge on any atom is 0.472 e. The molecule has 3 N–H and O–H groups in total. The van der Waals surface area contributed by atoms with Gasteiger partial charge < -0.3 is 33.8 Å². The molecule has 0 bridgehead atoms. The van der Waals surface area contributed by atoms with Crippen LogP contribution < -0.4 is 0 Å². The second-order valence-corrected chi connectivity index (χ2v) is 32.4. The molecule has 588 valence electrons. The maximum absolute atomic E-state index is 13.1. The molecule has 0 amide bonds. The molecule has 0 aliphatic rings. The van der Waals surface area contributed by atoms with Gasteiger partial charge in [-0.1, -0.05) is 369 Å². The number of aliphatic hydroxyl groups excluding tert-OH is 1. The van der Waals surface area contributed by atoms with E-state index in [-0.39, 0.29) is 25.7 Å². The van der Waals surface area contributed by atoms with Crippen LogP contribution in [0, 0.1) is 11.8 Å². The first-order valence-electron chi connectivity index (χ1n) is 41.5. The fourth-order valence-corrected chi connectivity index (χ4v) is 13.9. The largest absolute Gasteiger partial charge is 0.472 e. The van der Waals surface area contributed by atoms with Crippen molar-refractivity contribution in [2.24, 2.45) is 11.8 Å². The lowest BCUT2D eigenvalue weighted by Crippen LogP contribution is -2.30. The van der Waals surface area contributed by atoms with Crippen LogP contribution in [-0.4, -0.2) is 96.7 Å². The molecule has 19 heteroatoms. The fraction of sp³-hybridized carbons (Fsp3) is 0.950.